The van der Waals surface area contributed by atoms with E-state index in [1.54, 1.807) is 25.3 Å². The number of aryl methyl sites for hydroxylation is 1. The zero-order valence-corrected chi connectivity index (χ0v) is 12.5. The van der Waals surface area contributed by atoms with Gasteiger partial charge in [-0.1, -0.05) is 17.3 Å². The Kier molecular flexibility index (Phi) is 4.77. The molecule has 2 aromatic rings. The lowest BCUT2D eigenvalue weighted by molar-refractivity contribution is -0.386. The fourth-order valence-corrected chi connectivity index (χ4v) is 1.95. The van der Waals surface area contributed by atoms with Crippen LogP contribution < -0.4 is 9.47 Å². The van der Waals surface area contributed by atoms with Crippen molar-refractivity contribution < 1.29 is 18.9 Å². The molecule has 0 spiro atoms. The van der Waals surface area contributed by atoms with Gasteiger partial charge in [-0.15, -0.1) is 0 Å². The van der Waals surface area contributed by atoms with E-state index in [0.717, 1.165) is 5.56 Å². The fourth-order valence-electron chi connectivity index (χ4n) is 1.95. The van der Waals surface area contributed by atoms with E-state index in [0.29, 0.717) is 18.1 Å². The summed E-state index contributed by atoms with van der Waals surface area (Å²) in [4.78, 5) is 10.5. The van der Waals surface area contributed by atoms with Crippen molar-refractivity contribution in [1.29, 1.82) is 0 Å². The van der Waals surface area contributed by atoms with Crippen molar-refractivity contribution in [3.05, 3.63) is 45.3 Å². The van der Waals surface area contributed by atoms with Gasteiger partial charge in [-0.05, 0) is 37.6 Å². The first-order valence-electron chi connectivity index (χ1n) is 6.66. The van der Waals surface area contributed by atoms with E-state index in [1.807, 2.05) is 13.0 Å². The van der Waals surface area contributed by atoms with Crippen LogP contribution in [0.15, 0.2) is 22.7 Å². The molecule has 1 heterocycles. The van der Waals surface area contributed by atoms with Gasteiger partial charge in [-0.3, -0.25) is 10.1 Å². The van der Waals surface area contributed by atoms with Gasteiger partial charge in [0.25, 0.3) is 0 Å². The van der Waals surface area contributed by atoms with Crippen molar-refractivity contribution >= 4 is 17.8 Å². The number of hydrogen-bond acceptors (Lipinski definition) is 6. The molecule has 2 rings (SSSR count). The molecule has 0 fully saturated rings. The second kappa shape index (κ2) is 6.75. The highest BCUT2D eigenvalue weighted by molar-refractivity contribution is 5.72. The normalized spacial score (nSPS) is 10.9. The van der Waals surface area contributed by atoms with Crippen molar-refractivity contribution in [3.8, 4) is 11.5 Å². The Hall–Kier alpha value is -2.83. The summed E-state index contributed by atoms with van der Waals surface area (Å²) in [5.74, 6) is 1.34. The number of rotatable bonds is 6. The van der Waals surface area contributed by atoms with Gasteiger partial charge in [0, 0.05) is 0 Å². The second-order valence-corrected chi connectivity index (χ2v) is 4.41. The van der Waals surface area contributed by atoms with Crippen LogP contribution in [0.5, 0.6) is 11.5 Å². The molecule has 0 amide bonds. The lowest BCUT2D eigenvalue weighted by atomic mass is 10.1. The molecule has 7 nitrogen and oxygen atoms in total. The zero-order valence-electron chi connectivity index (χ0n) is 12.5. The maximum atomic E-state index is 11.0. The SMILES string of the molecule is CCOc1cc(/C=C/c2onc(C)c2[N+](=O)[O-])ccc1OC. The van der Waals surface area contributed by atoms with E-state index >= 15 is 0 Å². The summed E-state index contributed by atoms with van der Waals surface area (Å²) in [6.07, 6.45) is 3.20. The lowest BCUT2D eigenvalue weighted by Gasteiger charge is -2.09. The third-order valence-electron chi connectivity index (χ3n) is 2.95. The van der Waals surface area contributed by atoms with Gasteiger partial charge in [0.15, 0.2) is 17.2 Å². The average Bonchev–Trinajstić information content (AvgIpc) is 2.87. The summed E-state index contributed by atoms with van der Waals surface area (Å²) in [6.45, 7) is 3.92. The first kappa shape index (κ1) is 15.6. The van der Waals surface area contributed by atoms with Gasteiger partial charge < -0.3 is 14.0 Å². The molecule has 116 valence electrons. The summed E-state index contributed by atoms with van der Waals surface area (Å²) in [5, 5.41) is 14.6. The van der Waals surface area contributed by atoms with Crippen LogP contribution in [-0.2, 0) is 0 Å². The minimum absolute atomic E-state index is 0.108. The van der Waals surface area contributed by atoms with Crippen LogP contribution in [0.1, 0.15) is 23.9 Å². The summed E-state index contributed by atoms with van der Waals surface area (Å²) in [7, 11) is 1.56. The molecule has 0 radical (unpaired) electrons. The predicted octanol–water partition coefficient (Wildman–Crippen LogP) is 3.47. The molecule has 7 heteroatoms. The number of hydrogen-bond donors (Lipinski definition) is 0. The largest absolute Gasteiger partial charge is 0.493 e. The molecule has 0 aliphatic heterocycles. The van der Waals surface area contributed by atoms with E-state index in [9.17, 15) is 10.1 Å². The molecule has 1 aromatic carbocycles. The van der Waals surface area contributed by atoms with Crippen LogP contribution in [0.2, 0.25) is 0 Å². The van der Waals surface area contributed by atoms with Gasteiger partial charge in [0.1, 0.15) is 0 Å². The van der Waals surface area contributed by atoms with Crippen LogP contribution in [-0.4, -0.2) is 23.8 Å². The van der Waals surface area contributed by atoms with Crippen molar-refractivity contribution in [2.45, 2.75) is 13.8 Å². The topological polar surface area (TPSA) is 87.6 Å². The number of benzene rings is 1. The summed E-state index contributed by atoms with van der Waals surface area (Å²) in [5.41, 5.74) is 0.914. The first-order valence-corrected chi connectivity index (χ1v) is 6.66. The fraction of sp³-hybridized carbons (Fsp3) is 0.267. The predicted molar refractivity (Wildman–Crippen MR) is 81.0 cm³/mol. The second-order valence-electron chi connectivity index (χ2n) is 4.41. The monoisotopic (exact) mass is 304 g/mol. The quantitative estimate of drug-likeness (QED) is 0.600. The van der Waals surface area contributed by atoms with Crippen LogP contribution in [0.3, 0.4) is 0 Å². The summed E-state index contributed by atoms with van der Waals surface area (Å²) < 4.78 is 15.7. The minimum atomic E-state index is -0.509. The Morgan fingerprint density at radius 1 is 1.36 bits per heavy atom. The highest BCUT2D eigenvalue weighted by atomic mass is 16.6. The Balaban J connectivity index is 2.31. The van der Waals surface area contributed by atoms with E-state index in [2.05, 4.69) is 5.16 Å². The molecule has 22 heavy (non-hydrogen) atoms. The highest BCUT2D eigenvalue weighted by Crippen LogP contribution is 2.29. The standard InChI is InChI=1S/C15H16N2O5/c1-4-21-14-9-11(5-7-12(14)20-3)6-8-13-15(17(18)19)10(2)16-22-13/h5-9H,4H2,1-3H3/b8-6+. The Morgan fingerprint density at radius 2 is 2.14 bits per heavy atom. The lowest BCUT2D eigenvalue weighted by Crippen LogP contribution is -1.95. The number of nitrogens with zero attached hydrogens (tertiary/aromatic N) is 2. The summed E-state index contributed by atoms with van der Waals surface area (Å²) in [6, 6.07) is 5.37. The van der Waals surface area contributed by atoms with Gasteiger partial charge in [0.05, 0.1) is 18.6 Å². The van der Waals surface area contributed by atoms with Crippen molar-refractivity contribution in [2.75, 3.05) is 13.7 Å². The van der Waals surface area contributed by atoms with Crippen molar-refractivity contribution in [1.82, 2.24) is 5.16 Å². The molecule has 0 unspecified atom stereocenters. The Bertz CT molecular complexity index is 706. The molecule has 0 bridgehead atoms. The zero-order chi connectivity index (χ0) is 16.1. The van der Waals surface area contributed by atoms with Crippen LogP contribution >= 0.6 is 0 Å². The molecular formula is C15H16N2O5. The molecule has 0 saturated carbocycles. The molecular weight excluding hydrogens is 288 g/mol. The number of methoxy groups -OCH3 is 1. The van der Waals surface area contributed by atoms with Gasteiger partial charge in [-0.25, -0.2) is 0 Å². The van der Waals surface area contributed by atoms with Crippen LogP contribution in [0, 0.1) is 17.0 Å². The molecule has 0 aliphatic carbocycles. The number of aromatic nitrogens is 1. The van der Waals surface area contributed by atoms with Crippen molar-refractivity contribution in [3.63, 3.8) is 0 Å². The number of ether oxygens (including phenoxy) is 2. The van der Waals surface area contributed by atoms with Gasteiger partial charge >= 0.3 is 5.69 Å². The Labute approximate surface area is 127 Å². The smallest absolute Gasteiger partial charge is 0.338 e. The average molecular weight is 304 g/mol. The molecule has 1 aromatic heterocycles. The minimum Gasteiger partial charge on any atom is -0.493 e. The molecule has 0 atom stereocenters. The van der Waals surface area contributed by atoms with Crippen LogP contribution in [0.4, 0.5) is 5.69 Å². The third kappa shape index (κ3) is 3.25. The van der Waals surface area contributed by atoms with E-state index < -0.39 is 4.92 Å². The maximum absolute atomic E-state index is 11.0. The third-order valence-corrected chi connectivity index (χ3v) is 2.95. The number of nitro groups is 1. The van der Waals surface area contributed by atoms with Crippen LogP contribution in [0.25, 0.3) is 12.2 Å². The molecule has 0 aliphatic rings. The molecule has 0 saturated heterocycles. The van der Waals surface area contributed by atoms with Gasteiger partial charge in [-0.2, -0.15) is 0 Å². The van der Waals surface area contributed by atoms with Crippen molar-refractivity contribution in [2.24, 2.45) is 0 Å². The van der Waals surface area contributed by atoms with E-state index in [-0.39, 0.29) is 17.1 Å². The van der Waals surface area contributed by atoms with E-state index in [4.69, 9.17) is 14.0 Å². The maximum Gasteiger partial charge on any atom is 0.338 e. The molecule has 0 N–H and O–H groups in total. The summed E-state index contributed by atoms with van der Waals surface area (Å²) >= 11 is 0. The van der Waals surface area contributed by atoms with Gasteiger partial charge in [0.2, 0.25) is 5.76 Å². The Morgan fingerprint density at radius 3 is 2.77 bits per heavy atom. The highest BCUT2D eigenvalue weighted by Gasteiger charge is 2.21. The van der Waals surface area contributed by atoms with E-state index in [1.165, 1.54) is 13.0 Å². The first-order chi connectivity index (χ1) is 10.6.